The number of fused-ring (bicyclic) bond motifs is 1. The number of benzene rings is 1. The number of rotatable bonds is 7. The quantitative estimate of drug-likeness (QED) is 0.768. The Morgan fingerprint density at radius 3 is 2.78 bits per heavy atom. The second-order valence-electron chi connectivity index (χ2n) is 7.14. The largest absolute Gasteiger partial charge is 0.340 e. The van der Waals surface area contributed by atoms with Crippen molar-refractivity contribution in [2.75, 3.05) is 32.7 Å². The fourth-order valence-corrected chi connectivity index (χ4v) is 3.43. The van der Waals surface area contributed by atoms with E-state index in [0.29, 0.717) is 42.3 Å². The summed E-state index contributed by atoms with van der Waals surface area (Å²) in [6.45, 7) is 8.76. The van der Waals surface area contributed by atoms with E-state index in [0.717, 1.165) is 32.6 Å². The maximum absolute atomic E-state index is 12.5. The van der Waals surface area contributed by atoms with E-state index in [2.05, 4.69) is 34.0 Å². The van der Waals surface area contributed by atoms with Gasteiger partial charge in [-0.2, -0.15) is 0 Å². The van der Waals surface area contributed by atoms with E-state index in [1.807, 2.05) is 23.1 Å². The number of carbonyl (C=O) groups excluding carboxylic acids is 1. The minimum absolute atomic E-state index is 0.114. The van der Waals surface area contributed by atoms with Gasteiger partial charge in [-0.05, 0) is 25.5 Å². The molecule has 1 aromatic carbocycles. The number of aromatic nitrogens is 2. The molecule has 7 heteroatoms. The smallest absolute Gasteiger partial charge is 0.258 e. The van der Waals surface area contributed by atoms with Gasteiger partial charge >= 0.3 is 0 Å². The molecule has 1 aliphatic rings. The van der Waals surface area contributed by atoms with Gasteiger partial charge in [0.1, 0.15) is 5.82 Å². The molecule has 27 heavy (non-hydrogen) atoms. The van der Waals surface area contributed by atoms with Crippen molar-refractivity contribution < 1.29 is 4.79 Å². The van der Waals surface area contributed by atoms with E-state index < -0.39 is 0 Å². The summed E-state index contributed by atoms with van der Waals surface area (Å²) < 4.78 is 0. The van der Waals surface area contributed by atoms with Crippen molar-refractivity contribution in [1.29, 1.82) is 0 Å². The molecule has 3 rings (SSSR count). The summed E-state index contributed by atoms with van der Waals surface area (Å²) >= 11 is 0. The van der Waals surface area contributed by atoms with Crippen molar-refractivity contribution in [2.45, 2.75) is 39.3 Å². The van der Waals surface area contributed by atoms with Gasteiger partial charge in [0.15, 0.2) is 0 Å². The maximum Gasteiger partial charge on any atom is 0.258 e. The highest BCUT2D eigenvalue weighted by molar-refractivity contribution is 5.77. The fraction of sp³-hybridized carbons (Fsp3) is 0.550. The van der Waals surface area contributed by atoms with Crippen LogP contribution < -0.4 is 10.9 Å². The topological polar surface area (TPSA) is 81.3 Å². The number of nitrogens with zero attached hydrogens (tertiary/aromatic N) is 3. The normalized spacial score (nSPS) is 16.0. The summed E-state index contributed by atoms with van der Waals surface area (Å²) in [4.78, 5) is 36.5. The SMILES string of the molecule is CCC(C)N(CCC(=O)N1CCNCC1)Cc1nc2ccccc2c(=O)[nH]1. The number of para-hydroxylation sites is 1. The lowest BCUT2D eigenvalue weighted by molar-refractivity contribution is -0.132. The Labute approximate surface area is 159 Å². The second-order valence-corrected chi connectivity index (χ2v) is 7.14. The Morgan fingerprint density at radius 2 is 2.04 bits per heavy atom. The van der Waals surface area contributed by atoms with Crippen LogP contribution >= 0.6 is 0 Å². The molecule has 1 saturated heterocycles. The predicted molar refractivity (Wildman–Crippen MR) is 107 cm³/mol. The van der Waals surface area contributed by atoms with Crippen LogP contribution in [0.2, 0.25) is 0 Å². The lowest BCUT2D eigenvalue weighted by Gasteiger charge is -2.31. The lowest BCUT2D eigenvalue weighted by Crippen LogP contribution is -2.47. The summed E-state index contributed by atoms with van der Waals surface area (Å²) in [5.74, 6) is 0.846. The monoisotopic (exact) mass is 371 g/mol. The highest BCUT2D eigenvalue weighted by Gasteiger charge is 2.20. The van der Waals surface area contributed by atoms with Crippen LogP contribution in [0.15, 0.2) is 29.1 Å². The molecule has 7 nitrogen and oxygen atoms in total. The number of hydrogen-bond acceptors (Lipinski definition) is 5. The van der Waals surface area contributed by atoms with Gasteiger partial charge in [0.25, 0.3) is 5.56 Å². The van der Waals surface area contributed by atoms with Gasteiger partial charge < -0.3 is 15.2 Å². The fourth-order valence-electron chi connectivity index (χ4n) is 3.43. The van der Waals surface area contributed by atoms with Gasteiger partial charge in [-0.25, -0.2) is 4.98 Å². The number of nitrogens with one attached hydrogen (secondary N) is 2. The zero-order chi connectivity index (χ0) is 19.2. The average molecular weight is 371 g/mol. The third-order valence-corrected chi connectivity index (χ3v) is 5.31. The van der Waals surface area contributed by atoms with Crippen molar-refractivity contribution in [3.05, 3.63) is 40.4 Å². The molecular weight excluding hydrogens is 342 g/mol. The Kier molecular flexibility index (Phi) is 6.58. The van der Waals surface area contributed by atoms with Crippen LogP contribution in [0.3, 0.4) is 0 Å². The van der Waals surface area contributed by atoms with Crippen molar-refractivity contribution >= 4 is 16.8 Å². The number of hydrogen-bond donors (Lipinski definition) is 2. The van der Waals surface area contributed by atoms with E-state index in [-0.39, 0.29) is 11.5 Å². The average Bonchev–Trinajstić information content (AvgIpc) is 2.71. The van der Waals surface area contributed by atoms with Gasteiger partial charge in [-0.3, -0.25) is 14.5 Å². The van der Waals surface area contributed by atoms with Crippen LogP contribution in [-0.2, 0) is 11.3 Å². The number of H-pyrrole nitrogens is 1. The molecule has 0 aliphatic carbocycles. The molecule has 1 aromatic heterocycles. The third-order valence-electron chi connectivity index (χ3n) is 5.31. The molecule has 0 bridgehead atoms. The first-order valence-electron chi connectivity index (χ1n) is 9.79. The van der Waals surface area contributed by atoms with Crippen LogP contribution in [-0.4, -0.2) is 64.4 Å². The third kappa shape index (κ3) is 4.93. The van der Waals surface area contributed by atoms with Crippen LogP contribution in [0.25, 0.3) is 10.9 Å². The Morgan fingerprint density at radius 1 is 1.30 bits per heavy atom. The van der Waals surface area contributed by atoms with Crippen molar-refractivity contribution in [2.24, 2.45) is 0 Å². The Bertz CT molecular complexity index is 828. The summed E-state index contributed by atoms with van der Waals surface area (Å²) in [5, 5.41) is 3.87. The summed E-state index contributed by atoms with van der Waals surface area (Å²) in [6.07, 6.45) is 1.46. The summed E-state index contributed by atoms with van der Waals surface area (Å²) in [5.41, 5.74) is 0.592. The molecule has 2 aromatic rings. The van der Waals surface area contributed by atoms with Crippen LogP contribution in [0.4, 0.5) is 0 Å². The lowest BCUT2D eigenvalue weighted by atomic mass is 10.2. The standard InChI is InChI=1S/C20H29N5O2/c1-3-15(2)25(11-8-19(26)24-12-9-21-10-13-24)14-18-22-17-7-5-4-6-16(17)20(27)23-18/h4-7,15,21H,3,8-14H2,1-2H3,(H,22,23,27). The molecular formula is C20H29N5O2. The Balaban J connectivity index is 1.69. The summed E-state index contributed by atoms with van der Waals surface area (Å²) in [7, 11) is 0. The van der Waals surface area contributed by atoms with Crippen LogP contribution in [0, 0.1) is 0 Å². The van der Waals surface area contributed by atoms with Crippen LogP contribution in [0.5, 0.6) is 0 Å². The van der Waals surface area contributed by atoms with Crippen molar-refractivity contribution in [3.63, 3.8) is 0 Å². The number of piperazine rings is 1. The molecule has 1 amide bonds. The minimum atomic E-state index is -0.114. The van der Waals surface area contributed by atoms with Gasteiger partial charge in [-0.1, -0.05) is 19.1 Å². The number of carbonyl (C=O) groups is 1. The molecule has 0 radical (unpaired) electrons. The molecule has 0 spiro atoms. The van der Waals surface area contributed by atoms with Gasteiger partial charge in [0.2, 0.25) is 5.91 Å². The first-order valence-corrected chi connectivity index (χ1v) is 9.79. The van der Waals surface area contributed by atoms with Crippen molar-refractivity contribution in [3.8, 4) is 0 Å². The molecule has 146 valence electrons. The maximum atomic E-state index is 12.5. The van der Waals surface area contributed by atoms with Crippen molar-refractivity contribution in [1.82, 2.24) is 25.1 Å². The molecule has 2 heterocycles. The molecule has 1 unspecified atom stereocenters. The molecule has 0 saturated carbocycles. The van der Waals surface area contributed by atoms with E-state index in [1.54, 1.807) is 6.07 Å². The molecule has 1 atom stereocenters. The van der Waals surface area contributed by atoms with E-state index in [1.165, 1.54) is 0 Å². The zero-order valence-electron chi connectivity index (χ0n) is 16.2. The molecule has 2 N–H and O–H groups in total. The number of aromatic amines is 1. The van der Waals surface area contributed by atoms with Crippen LogP contribution in [0.1, 0.15) is 32.5 Å². The zero-order valence-corrected chi connectivity index (χ0v) is 16.2. The first kappa shape index (κ1) is 19.5. The number of amides is 1. The Hall–Kier alpha value is -2.25. The van der Waals surface area contributed by atoms with Gasteiger partial charge in [0.05, 0.1) is 17.4 Å². The highest BCUT2D eigenvalue weighted by atomic mass is 16.2. The van der Waals surface area contributed by atoms with Gasteiger partial charge in [-0.15, -0.1) is 0 Å². The van der Waals surface area contributed by atoms with E-state index in [9.17, 15) is 9.59 Å². The summed E-state index contributed by atoms with van der Waals surface area (Å²) in [6, 6.07) is 7.67. The minimum Gasteiger partial charge on any atom is -0.340 e. The predicted octanol–water partition coefficient (Wildman–Crippen LogP) is 1.35. The van der Waals surface area contributed by atoms with Gasteiger partial charge in [0, 0.05) is 45.2 Å². The molecule has 1 fully saturated rings. The molecule has 1 aliphatic heterocycles. The second kappa shape index (κ2) is 9.10. The van der Waals surface area contributed by atoms with E-state index in [4.69, 9.17) is 0 Å². The van der Waals surface area contributed by atoms with E-state index >= 15 is 0 Å². The highest BCUT2D eigenvalue weighted by Crippen LogP contribution is 2.12. The first-order chi connectivity index (χ1) is 13.1.